The summed E-state index contributed by atoms with van der Waals surface area (Å²) in [6.45, 7) is 1.74. The van der Waals surface area contributed by atoms with E-state index in [-0.39, 0.29) is 11.5 Å². The minimum absolute atomic E-state index is 0.131. The molecular weight excluding hydrogens is 174 g/mol. The van der Waals surface area contributed by atoms with Crippen LogP contribution in [0.25, 0.3) is 4.98 Å². The molecule has 0 bridgehead atoms. The highest BCUT2D eigenvalue weighted by atomic mass is 16.7. The van der Waals surface area contributed by atoms with E-state index in [9.17, 15) is 4.79 Å². The first-order valence-corrected chi connectivity index (χ1v) is 3.48. The number of methoxy groups -OCH3 is 1. The smallest absolute Gasteiger partial charge is 0.460 e. The van der Waals surface area contributed by atoms with Gasteiger partial charge in [0.1, 0.15) is 0 Å². The molecule has 1 rings (SSSR count). The van der Waals surface area contributed by atoms with Gasteiger partial charge in [-0.15, -0.1) is 0 Å². The Morgan fingerprint density at radius 1 is 1.77 bits per heavy atom. The van der Waals surface area contributed by atoms with E-state index >= 15 is 0 Å². The molecule has 0 aromatic rings. The number of carbonyl (C=O) groups is 1. The van der Waals surface area contributed by atoms with Crippen molar-refractivity contribution in [3.8, 4) is 0 Å². The van der Waals surface area contributed by atoms with Crippen molar-refractivity contribution in [1.29, 1.82) is 5.39 Å². The summed E-state index contributed by atoms with van der Waals surface area (Å²) in [6.07, 6.45) is 1.52. The van der Waals surface area contributed by atoms with Crippen LogP contribution in [0.2, 0.25) is 0 Å². The highest BCUT2D eigenvalue weighted by Crippen LogP contribution is 2.16. The Bertz CT molecular complexity index is 337. The lowest BCUT2D eigenvalue weighted by Gasteiger charge is -1.94. The molecule has 1 aliphatic heterocycles. The zero-order valence-electron chi connectivity index (χ0n) is 7.20. The van der Waals surface area contributed by atoms with E-state index in [0.717, 1.165) is 0 Å². The van der Waals surface area contributed by atoms with Gasteiger partial charge in [-0.2, -0.15) is 0 Å². The van der Waals surface area contributed by atoms with Crippen molar-refractivity contribution in [3.63, 3.8) is 0 Å². The van der Waals surface area contributed by atoms with Gasteiger partial charge in [-0.3, -0.25) is 0 Å². The second kappa shape index (κ2) is 3.58. The van der Waals surface area contributed by atoms with Crippen LogP contribution in [0.15, 0.2) is 23.2 Å². The van der Waals surface area contributed by atoms with E-state index < -0.39 is 5.97 Å². The molecule has 0 spiro atoms. The average molecular weight is 182 g/mol. The van der Waals surface area contributed by atoms with Crippen LogP contribution in [0.3, 0.4) is 0 Å². The van der Waals surface area contributed by atoms with Crippen LogP contribution in [-0.2, 0) is 14.4 Å². The minimum Gasteiger partial charge on any atom is -0.460 e. The van der Waals surface area contributed by atoms with Crippen molar-refractivity contribution in [2.75, 3.05) is 7.11 Å². The van der Waals surface area contributed by atoms with Gasteiger partial charge in [-0.05, 0) is 6.92 Å². The fourth-order valence-corrected chi connectivity index (χ4v) is 0.795. The summed E-state index contributed by atoms with van der Waals surface area (Å²) < 4.78 is 4.36. The molecule has 6 heteroatoms. The fraction of sp³-hybridized carbons (Fsp3) is 0.286. The third-order valence-electron chi connectivity index (χ3n) is 1.38. The highest BCUT2D eigenvalue weighted by molar-refractivity contribution is 5.91. The van der Waals surface area contributed by atoms with Gasteiger partial charge in [0.05, 0.1) is 12.8 Å². The van der Waals surface area contributed by atoms with E-state index in [2.05, 4.69) is 15.2 Å². The van der Waals surface area contributed by atoms with Crippen LogP contribution in [0, 0.1) is 5.39 Å². The van der Waals surface area contributed by atoms with E-state index in [1.54, 1.807) is 6.92 Å². The molecule has 0 aromatic heterocycles. The monoisotopic (exact) mass is 182 g/mol. The zero-order chi connectivity index (χ0) is 9.84. The molecule has 0 saturated heterocycles. The topological polar surface area (TPSA) is 75.7 Å². The van der Waals surface area contributed by atoms with E-state index in [1.807, 2.05) is 0 Å². The van der Waals surface area contributed by atoms with Gasteiger partial charge in [-0.1, -0.05) is 0 Å². The van der Waals surface area contributed by atoms with Gasteiger partial charge >= 0.3 is 11.7 Å². The van der Waals surface area contributed by atoms with Crippen molar-refractivity contribution in [2.45, 2.75) is 6.92 Å². The first kappa shape index (κ1) is 9.06. The molecule has 0 aliphatic carbocycles. The summed E-state index contributed by atoms with van der Waals surface area (Å²) in [5.74, 6) is -0.628. The maximum Gasteiger partial charge on any atom is 0.512 e. The van der Waals surface area contributed by atoms with Crippen molar-refractivity contribution in [2.24, 2.45) is 0 Å². The molecule has 13 heavy (non-hydrogen) atoms. The SMILES string of the molecule is COC(=O)C([N+]#N)=C1C=C(C)NO1. The number of ether oxygens (including phenoxy) is 1. The fourth-order valence-electron chi connectivity index (χ4n) is 0.795. The summed E-state index contributed by atoms with van der Waals surface area (Å²) in [4.78, 5) is 18.6. The number of diazo groups is 1. The standard InChI is InChI=1S/C7H7N3O3/c1-4-3-5(13-10-4)6(9-8)7(11)12-2/h3H,1-2H3/p+1. The Balaban J connectivity index is 3.02. The van der Waals surface area contributed by atoms with Crippen LogP contribution in [0.1, 0.15) is 6.92 Å². The second-order valence-corrected chi connectivity index (χ2v) is 2.34. The molecule has 0 unspecified atom stereocenters. The average Bonchev–Trinajstić information content (AvgIpc) is 2.53. The summed E-state index contributed by atoms with van der Waals surface area (Å²) in [5, 5.41) is 8.50. The Kier molecular flexibility index (Phi) is 2.50. The first-order valence-electron chi connectivity index (χ1n) is 3.48. The molecule has 0 fully saturated rings. The lowest BCUT2D eigenvalue weighted by Crippen LogP contribution is -2.07. The summed E-state index contributed by atoms with van der Waals surface area (Å²) in [6, 6.07) is 0. The molecule has 0 radical (unpaired) electrons. The zero-order valence-corrected chi connectivity index (χ0v) is 7.20. The number of rotatable bonds is 1. The van der Waals surface area contributed by atoms with Crippen LogP contribution in [-0.4, -0.2) is 13.1 Å². The maximum absolute atomic E-state index is 11.0. The molecule has 0 atom stereocenters. The molecule has 1 N–H and O–H groups in total. The number of hydroxylamine groups is 1. The number of hydrogen-bond donors (Lipinski definition) is 1. The van der Waals surface area contributed by atoms with Crippen molar-refractivity contribution < 1.29 is 14.4 Å². The molecular formula is C7H8N3O3+. The van der Waals surface area contributed by atoms with Gasteiger partial charge < -0.3 is 9.57 Å². The number of nitrogens with one attached hydrogen (secondary N) is 1. The molecule has 0 amide bonds. The number of carbonyl (C=O) groups excluding carboxylic acids is 1. The van der Waals surface area contributed by atoms with E-state index in [1.165, 1.54) is 13.2 Å². The van der Waals surface area contributed by atoms with E-state index in [0.29, 0.717) is 5.70 Å². The van der Waals surface area contributed by atoms with Crippen LogP contribution >= 0.6 is 0 Å². The van der Waals surface area contributed by atoms with Crippen molar-refractivity contribution >= 4 is 5.97 Å². The summed E-state index contributed by atoms with van der Waals surface area (Å²) >= 11 is 0. The Labute approximate surface area is 74.4 Å². The molecule has 68 valence electrons. The van der Waals surface area contributed by atoms with Crippen molar-refractivity contribution in [1.82, 2.24) is 5.48 Å². The Hall–Kier alpha value is -2.03. The third kappa shape index (κ3) is 1.76. The summed E-state index contributed by atoms with van der Waals surface area (Å²) in [7, 11) is 1.19. The van der Waals surface area contributed by atoms with Gasteiger partial charge in [0, 0.05) is 6.08 Å². The lowest BCUT2D eigenvalue weighted by atomic mass is 10.3. The largest absolute Gasteiger partial charge is 0.512 e. The molecule has 6 nitrogen and oxygen atoms in total. The molecule has 1 heterocycles. The second-order valence-electron chi connectivity index (χ2n) is 2.34. The maximum atomic E-state index is 11.0. The van der Waals surface area contributed by atoms with Gasteiger partial charge in [-0.25, -0.2) is 10.3 Å². The normalized spacial score (nSPS) is 17.8. The van der Waals surface area contributed by atoms with Crippen LogP contribution in [0.5, 0.6) is 0 Å². The number of nitrogens with zero attached hydrogens (tertiary/aromatic N) is 2. The number of allylic oxidation sites excluding steroid dienone is 2. The molecule has 0 saturated carbocycles. The van der Waals surface area contributed by atoms with Crippen LogP contribution in [0.4, 0.5) is 0 Å². The summed E-state index contributed by atoms with van der Waals surface area (Å²) in [5.41, 5.74) is 2.92. The Morgan fingerprint density at radius 2 is 2.46 bits per heavy atom. The number of hydrogen-bond acceptors (Lipinski definition) is 5. The Morgan fingerprint density at radius 3 is 2.85 bits per heavy atom. The van der Waals surface area contributed by atoms with Gasteiger partial charge in [0.2, 0.25) is 5.39 Å². The quantitative estimate of drug-likeness (QED) is 0.366. The predicted octanol–water partition coefficient (Wildman–Crippen LogP) is 0.663. The van der Waals surface area contributed by atoms with Crippen molar-refractivity contribution in [3.05, 3.63) is 28.2 Å². The lowest BCUT2D eigenvalue weighted by molar-refractivity contribution is -0.136. The van der Waals surface area contributed by atoms with Crippen LogP contribution < -0.4 is 5.48 Å². The minimum atomic E-state index is -0.759. The molecule has 0 aromatic carbocycles. The number of esters is 1. The first-order chi connectivity index (χ1) is 6.19. The van der Waals surface area contributed by atoms with Gasteiger partial charge in [0.25, 0.3) is 5.76 Å². The highest BCUT2D eigenvalue weighted by Gasteiger charge is 2.32. The molecule has 1 aliphatic rings. The van der Waals surface area contributed by atoms with E-state index in [4.69, 9.17) is 10.2 Å². The predicted molar refractivity (Wildman–Crippen MR) is 42.1 cm³/mol. The third-order valence-corrected chi connectivity index (χ3v) is 1.38. The van der Waals surface area contributed by atoms with Gasteiger partial charge in [0.15, 0.2) is 4.98 Å².